The molecule has 0 saturated carbocycles. The van der Waals surface area contributed by atoms with Gasteiger partial charge in [0.25, 0.3) is 0 Å². The molecule has 1 N–H and O–H groups in total. The number of hydrogen-bond donors (Lipinski definition) is 1. The zero-order valence-corrected chi connectivity index (χ0v) is 14.9. The molecule has 3 aromatic rings. The topological polar surface area (TPSA) is 108 Å². The molecule has 11 heteroatoms. The first-order valence-electron chi connectivity index (χ1n) is 7.78. The number of aromatic nitrogens is 4. The Morgan fingerprint density at radius 2 is 2.04 bits per heavy atom. The largest absolute Gasteiger partial charge is 0.309 e. The molecule has 27 heavy (non-hydrogen) atoms. The number of nitro groups is 1. The van der Waals surface area contributed by atoms with E-state index in [4.69, 9.17) is 11.6 Å². The van der Waals surface area contributed by atoms with E-state index >= 15 is 0 Å². The SMILES string of the molecule is Cc1nn(CC(=O)Nc2nn(Cc3ccccc3F)cc2Cl)cc1[N+](=O)[O-]. The van der Waals surface area contributed by atoms with Crippen molar-refractivity contribution in [3.63, 3.8) is 0 Å². The van der Waals surface area contributed by atoms with Gasteiger partial charge in [-0.3, -0.25) is 24.3 Å². The summed E-state index contributed by atoms with van der Waals surface area (Å²) in [5, 5.41) is 21.6. The van der Waals surface area contributed by atoms with Crippen LogP contribution in [0.1, 0.15) is 11.3 Å². The van der Waals surface area contributed by atoms with Gasteiger partial charge >= 0.3 is 5.69 Å². The van der Waals surface area contributed by atoms with Crippen LogP contribution in [0.3, 0.4) is 0 Å². The van der Waals surface area contributed by atoms with Crippen LogP contribution in [-0.2, 0) is 17.9 Å². The average Bonchev–Trinajstić information content (AvgIpc) is 3.12. The number of anilines is 1. The maximum Gasteiger partial charge on any atom is 0.309 e. The highest BCUT2D eigenvalue weighted by molar-refractivity contribution is 6.33. The fraction of sp³-hybridized carbons (Fsp3) is 0.188. The summed E-state index contributed by atoms with van der Waals surface area (Å²) in [5.74, 6) is -0.771. The van der Waals surface area contributed by atoms with Crippen molar-refractivity contribution in [2.75, 3.05) is 5.32 Å². The number of rotatable bonds is 6. The number of carbonyl (C=O) groups is 1. The van der Waals surface area contributed by atoms with Gasteiger partial charge in [0.05, 0.1) is 11.5 Å². The van der Waals surface area contributed by atoms with E-state index < -0.39 is 10.8 Å². The summed E-state index contributed by atoms with van der Waals surface area (Å²) in [6.07, 6.45) is 2.64. The van der Waals surface area contributed by atoms with Gasteiger partial charge in [0.2, 0.25) is 5.91 Å². The quantitative estimate of drug-likeness (QED) is 0.512. The van der Waals surface area contributed by atoms with Crippen LogP contribution in [0.2, 0.25) is 5.02 Å². The summed E-state index contributed by atoms with van der Waals surface area (Å²) in [6.45, 7) is 1.38. The van der Waals surface area contributed by atoms with Crippen molar-refractivity contribution in [3.8, 4) is 0 Å². The summed E-state index contributed by atoms with van der Waals surface area (Å²) >= 11 is 6.07. The van der Waals surface area contributed by atoms with Crippen LogP contribution in [0, 0.1) is 22.9 Å². The molecule has 140 valence electrons. The van der Waals surface area contributed by atoms with Gasteiger partial charge in [0.15, 0.2) is 5.82 Å². The number of nitrogens with one attached hydrogen (secondary N) is 1. The highest BCUT2D eigenvalue weighted by Crippen LogP contribution is 2.21. The molecule has 1 aromatic carbocycles. The first-order valence-corrected chi connectivity index (χ1v) is 8.16. The predicted molar refractivity (Wildman–Crippen MR) is 95.0 cm³/mol. The van der Waals surface area contributed by atoms with Crippen molar-refractivity contribution in [1.82, 2.24) is 19.6 Å². The van der Waals surface area contributed by atoms with Gasteiger partial charge in [-0.25, -0.2) is 4.39 Å². The normalized spacial score (nSPS) is 10.8. The molecule has 0 saturated heterocycles. The van der Waals surface area contributed by atoms with Crippen molar-refractivity contribution in [1.29, 1.82) is 0 Å². The molecule has 0 bridgehead atoms. The fourth-order valence-electron chi connectivity index (χ4n) is 2.45. The summed E-state index contributed by atoms with van der Waals surface area (Å²) < 4.78 is 16.3. The predicted octanol–water partition coefficient (Wildman–Crippen LogP) is 2.78. The molecule has 0 aliphatic rings. The molecule has 0 aliphatic heterocycles. The first kappa shape index (κ1) is 18.5. The Morgan fingerprint density at radius 3 is 2.70 bits per heavy atom. The number of benzene rings is 1. The third-order valence-corrected chi connectivity index (χ3v) is 3.96. The van der Waals surface area contributed by atoms with E-state index in [2.05, 4.69) is 15.5 Å². The Labute approximate surface area is 157 Å². The van der Waals surface area contributed by atoms with E-state index in [-0.39, 0.29) is 41.1 Å². The van der Waals surface area contributed by atoms with E-state index in [9.17, 15) is 19.3 Å². The smallest absolute Gasteiger partial charge is 0.306 e. The molecule has 0 radical (unpaired) electrons. The van der Waals surface area contributed by atoms with Crippen LogP contribution in [-0.4, -0.2) is 30.4 Å². The van der Waals surface area contributed by atoms with Gasteiger partial charge in [-0.1, -0.05) is 29.8 Å². The van der Waals surface area contributed by atoms with Crippen molar-refractivity contribution in [3.05, 3.63) is 68.9 Å². The van der Waals surface area contributed by atoms with Crippen LogP contribution in [0.5, 0.6) is 0 Å². The third kappa shape index (κ3) is 4.29. The molecular weight excluding hydrogens is 379 g/mol. The Bertz CT molecular complexity index is 1020. The number of carbonyl (C=O) groups excluding carboxylic acids is 1. The monoisotopic (exact) mass is 392 g/mol. The maximum absolute atomic E-state index is 13.7. The minimum absolute atomic E-state index is 0.108. The second-order valence-corrected chi connectivity index (χ2v) is 6.12. The maximum atomic E-state index is 13.7. The Kier molecular flexibility index (Phi) is 5.17. The number of nitrogens with zero attached hydrogens (tertiary/aromatic N) is 5. The van der Waals surface area contributed by atoms with Gasteiger partial charge in [-0.15, -0.1) is 0 Å². The lowest BCUT2D eigenvalue weighted by atomic mass is 10.2. The minimum atomic E-state index is -0.571. The van der Waals surface area contributed by atoms with Crippen LogP contribution in [0.4, 0.5) is 15.9 Å². The highest BCUT2D eigenvalue weighted by atomic mass is 35.5. The van der Waals surface area contributed by atoms with Crippen LogP contribution in [0.15, 0.2) is 36.7 Å². The van der Waals surface area contributed by atoms with E-state index in [0.717, 1.165) is 4.68 Å². The second kappa shape index (κ2) is 7.54. The van der Waals surface area contributed by atoms with E-state index in [1.165, 1.54) is 30.1 Å². The van der Waals surface area contributed by atoms with Crippen molar-refractivity contribution >= 4 is 29.0 Å². The molecule has 1 amide bonds. The molecule has 2 aromatic heterocycles. The first-order chi connectivity index (χ1) is 12.8. The van der Waals surface area contributed by atoms with Gasteiger partial charge in [-0.2, -0.15) is 10.2 Å². The number of hydrogen-bond acceptors (Lipinski definition) is 5. The molecule has 3 rings (SSSR count). The molecule has 0 fully saturated rings. The van der Waals surface area contributed by atoms with Crippen LogP contribution < -0.4 is 5.32 Å². The van der Waals surface area contributed by atoms with E-state index in [0.29, 0.717) is 5.56 Å². The average molecular weight is 393 g/mol. The van der Waals surface area contributed by atoms with Crippen molar-refractivity contribution in [2.45, 2.75) is 20.0 Å². The summed E-state index contributed by atoms with van der Waals surface area (Å²) in [7, 11) is 0. The van der Waals surface area contributed by atoms with E-state index in [1.54, 1.807) is 18.2 Å². The van der Waals surface area contributed by atoms with Crippen LogP contribution >= 0.6 is 11.6 Å². The number of halogens is 2. The summed E-state index contributed by atoms with van der Waals surface area (Å²) in [4.78, 5) is 22.4. The molecule has 2 heterocycles. The summed E-state index contributed by atoms with van der Waals surface area (Å²) in [5.41, 5.74) is 0.462. The molecule has 0 aliphatic carbocycles. The van der Waals surface area contributed by atoms with Gasteiger partial charge in [0, 0.05) is 11.8 Å². The molecule has 0 atom stereocenters. The molecule has 0 spiro atoms. The van der Waals surface area contributed by atoms with Crippen LogP contribution in [0.25, 0.3) is 0 Å². The molecular formula is C16H14ClFN6O3. The van der Waals surface area contributed by atoms with E-state index in [1.807, 2.05) is 0 Å². The second-order valence-electron chi connectivity index (χ2n) is 5.72. The Morgan fingerprint density at radius 1 is 1.30 bits per heavy atom. The fourth-order valence-corrected chi connectivity index (χ4v) is 2.65. The molecule has 9 nitrogen and oxygen atoms in total. The lowest BCUT2D eigenvalue weighted by Gasteiger charge is -2.04. The standard InChI is InChI=1S/C16H14ClFN6O3/c1-10-14(24(26)27)8-23(20-10)9-15(25)19-16-12(17)7-22(21-16)6-11-4-2-3-5-13(11)18/h2-5,7-8H,6,9H2,1H3,(H,19,21,25). The van der Waals surface area contributed by atoms with Gasteiger partial charge in [0.1, 0.15) is 29.3 Å². The molecule has 0 unspecified atom stereocenters. The number of aryl methyl sites for hydroxylation is 1. The highest BCUT2D eigenvalue weighted by Gasteiger charge is 2.18. The lowest BCUT2D eigenvalue weighted by molar-refractivity contribution is -0.385. The Hall–Kier alpha value is -3.27. The summed E-state index contributed by atoms with van der Waals surface area (Å²) in [6, 6.07) is 6.25. The zero-order valence-electron chi connectivity index (χ0n) is 14.1. The third-order valence-electron chi connectivity index (χ3n) is 3.69. The van der Waals surface area contributed by atoms with Gasteiger partial charge in [-0.05, 0) is 13.0 Å². The Balaban J connectivity index is 1.68. The van der Waals surface area contributed by atoms with Gasteiger partial charge < -0.3 is 5.32 Å². The van der Waals surface area contributed by atoms with Crippen molar-refractivity contribution < 1.29 is 14.1 Å². The lowest BCUT2D eigenvalue weighted by Crippen LogP contribution is -2.19. The van der Waals surface area contributed by atoms with Crippen molar-refractivity contribution in [2.24, 2.45) is 0 Å². The zero-order chi connectivity index (χ0) is 19.6. The number of amides is 1. The minimum Gasteiger partial charge on any atom is -0.306 e.